The lowest BCUT2D eigenvalue weighted by Crippen LogP contribution is -2.16. The van der Waals surface area contributed by atoms with Crippen LogP contribution in [0.5, 0.6) is 11.5 Å². The predicted octanol–water partition coefficient (Wildman–Crippen LogP) is 4.85. The van der Waals surface area contributed by atoms with Crippen molar-refractivity contribution in [1.82, 2.24) is 4.57 Å². The van der Waals surface area contributed by atoms with Crippen molar-refractivity contribution in [3.05, 3.63) is 88.8 Å². The van der Waals surface area contributed by atoms with Crippen molar-refractivity contribution in [2.24, 2.45) is 7.05 Å². The highest BCUT2D eigenvalue weighted by Gasteiger charge is 2.16. The number of aryl methyl sites for hydroxylation is 1. The molecule has 0 aliphatic heterocycles. The lowest BCUT2D eigenvalue weighted by atomic mass is 9.99. The summed E-state index contributed by atoms with van der Waals surface area (Å²) in [6.07, 6.45) is 6.77. The van der Waals surface area contributed by atoms with E-state index in [0.717, 1.165) is 12.1 Å². The molecule has 0 fully saturated rings. The average Bonchev–Trinajstić information content (AvgIpc) is 2.79. The number of carbonyl (C=O) groups excluding carboxylic acids is 1. The zero-order chi connectivity index (χ0) is 22.8. The summed E-state index contributed by atoms with van der Waals surface area (Å²) < 4.78 is 34.8. The molecule has 0 atom stereocenters. The number of rotatable bonds is 4. The molecular formula is C25H16F2N2O3. The van der Waals surface area contributed by atoms with Gasteiger partial charge >= 0.3 is 0 Å². The number of nitrogens with one attached hydrogen (secondary N) is 1. The van der Waals surface area contributed by atoms with E-state index in [9.17, 15) is 18.4 Å². The molecule has 0 aliphatic carbocycles. The zero-order valence-corrected chi connectivity index (χ0v) is 16.9. The van der Waals surface area contributed by atoms with Gasteiger partial charge < -0.3 is 14.6 Å². The molecule has 0 bridgehead atoms. The molecule has 7 heteroatoms. The number of hydrogen-bond donors (Lipinski definition) is 1. The van der Waals surface area contributed by atoms with Crippen LogP contribution in [0.2, 0.25) is 0 Å². The van der Waals surface area contributed by atoms with E-state index in [2.05, 4.69) is 5.32 Å². The second-order valence-electron chi connectivity index (χ2n) is 6.99. The van der Waals surface area contributed by atoms with Gasteiger partial charge in [0.05, 0.1) is 0 Å². The monoisotopic (exact) mass is 430 g/mol. The van der Waals surface area contributed by atoms with E-state index in [1.165, 1.54) is 16.7 Å². The van der Waals surface area contributed by atoms with Gasteiger partial charge in [0.1, 0.15) is 11.6 Å². The van der Waals surface area contributed by atoms with Crippen LogP contribution in [0.3, 0.4) is 0 Å². The molecule has 3 aromatic carbocycles. The zero-order valence-electron chi connectivity index (χ0n) is 16.9. The summed E-state index contributed by atoms with van der Waals surface area (Å²) in [5.74, 6) is -0.209. The third kappa shape index (κ3) is 3.94. The van der Waals surface area contributed by atoms with Crippen molar-refractivity contribution in [2.45, 2.75) is 0 Å². The third-order valence-corrected chi connectivity index (χ3v) is 4.86. The molecule has 4 aromatic rings. The largest absolute Gasteiger partial charge is 0.454 e. The van der Waals surface area contributed by atoms with Gasteiger partial charge in [0.25, 0.3) is 11.5 Å². The number of fused-ring (bicyclic) bond motifs is 1. The number of benzene rings is 3. The van der Waals surface area contributed by atoms with Gasteiger partial charge in [-0.1, -0.05) is 18.2 Å². The van der Waals surface area contributed by atoms with Crippen molar-refractivity contribution in [2.75, 3.05) is 5.32 Å². The van der Waals surface area contributed by atoms with Crippen molar-refractivity contribution in [3.63, 3.8) is 0 Å². The molecule has 1 heterocycles. The summed E-state index contributed by atoms with van der Waals surface area (Å²) in [6, 6.07) is 14.7. The second-order valence-corrected chi connectivity index (χ2v) is 6.99. The molecule has 0 unspecified atom stereocenters. The van der Waals surface area contributed by atoms with E-state index in [1.54, 1.807) is 49.6 Å². The Labute approximate surface area is 181 Å². The average molecular weight is 430 g/mol. The summed E-state index contributed by atoms with van der Waals surface area (Å²) in [6.45, 7) is 0. The van der Waals surface area contributed by atoms with Crippen LogP contribution in [-0.2, 0) is 11.8 Å². The van der Waals surface area contributed by atoms with E-state index >= 15 is 0 Å². The van der Waals surface area contributed by atoms with Crippen LogP contribution in [0.1, 0.15) is 0 Å². The Bertz CT molecular complexity index is 1470. The van der Waals surface area contributed by atoms with Gasteiger partial charge in [-0.2, -0.15) is 0 Å². The SMILES string of the molecule is C#CC(=O)Nc1ccc(Oc2ccc(F)cc2F)c(-c2cn(C)c(=O)c3ccccc23)c1. The minimum absolute atomic E-state index is 0.179. The summed E-state index contributed by atoms with van der Waals surface area (Å²) in [4.78, 5) is 24.3. The lowest BCUT2D eigenvalue weighted by molar-refractivity contribution is -0.111. The minimum atomic E-state index is -0.869. The van der Waals surface area contributed by atoms with Crippen molar-refractivity contribution < 1.29 is 18.3 Å². The van der Waals surface area contributed by atoms with Gasteiger partial charge in [-0.3, -0.25) is 9.59 Å². The van der Waals surface area contributed by atoms with Crippen LogP contribution < -0.4 is 15.6 Å². The van der Waals surface area contributed by atoms with Gasteiger partial charge in [0.2, 0.25) is 0 Å². The second kappa shape index (κ2) is 8.36. The number of nitrogens with zero attached hydrogens (tertiary/aromatic N) is 1. The van der Waals surface area contributed by atoms with Gasteiger partial charge in [0, 0.05) is 41.5 Å². The highest BCUT2D eigenvalue weighted by Crippen LogP contribution is 2.39. The summed E-state index contributed by atoms with van der Waals surface area (Å²) in [5.41, 5.74) is 1.27. The van der Waals surface area contributed by atoms with Crippen LogP contribution in [0.25, 0.3) is 21.9 Å². The lowest BCUT2D eigenvalue weighted by Gasteiger charge is -2.16. The van der Waals surface area contributed by atoms with E-state index in [0.29, 0.717) is 27.6 Å². The highest BCUT2D eigenvalue weighted by molar-refractivity contribution is 6.04. The van der Waals surface area contributed by atoms with Crippen LogP contribution in [0, 0.1) is 24.0 Å². The Kier molecular flexibility index (Phi) is 5.44. The molecule has 4 rings (SSSR count). The van der Waals surface area contributed by atoms with Gasteiger partial charge in [-0.15, -0.1) is 6.42 Å². The number of terminal acetylenes is 1. The smallest absolute Gasteiger partial charge is 0.300 e. The summed E-state index contributed by atoms with van der Waals surface area (Å²) in [5, 5.41) is 3.68. The van der Waals surface area contributed by atoms with Crippen LogP contribution in [-0.4, -0.2) is 10.5 Å². The molecule has 158 valence electrons. The first-order valence-corrected chi connectivity index (χ1v) is 9.50. The van der Waals surface area contributed by atoms with Crippen LogP contribution in [0.15, 0.2) is 71.7 Å². The first kappa shape index (κ1) is 20.8. The Morgan fingerprint density at radius 1 is 1.00 bits per heavy atom. The number of ether oxygens (including phenoxy) is 1. The summed E-state index contributed by atoms with van der Waals surface area (Å²) >= 11 is 0. The molecule has 0 spiro atoms. The number of aromatic nitrogens is 1. The molecule has 32 heavy (non-hydrogen) atoms. The molecule has 0 aliphatic rings. The Morgan fingerprint density at radius 3 is 2.44 bits per heavy atom. The molecule has 1 N–H and O–H groups in total. The van der Waals surface area contributed by atoms with E-state index < -0.39 is 17.5 Å². The maximum absolute atomic E-state index is 14.2. The van der Waals surface area contributed by atoms with E-state index in [1.807, 2.05) is 5.92 Å². The van der Waals surface area contributed by atoms with Crippen molar-refractivity contribution in [3.8, 4) is 35.0 Å². The number of halogens is 2. The molecule has 5 nitrogen and oxygen atoms in total. The van der Waals surface area contributed by atoms with E-state index in [4.69, 9.17) is 11.2 Å². The highest BCUT2D eigenvalue weighted by atomic mass is 19.1. The topological polar surface area (TPSA) is 60.3 Å². The van der Waals surface area contributed by atoms with Crippen molar-refractivity contribution in [1.29, 1.82) is 0 Å². The fourth-order valence-corrected chi connectivity index (χ4v) is 3.38. The quantitative estimate of drug-likeness (QED) is 0.471. The maximum atomic E-state index is 14.2. The first-order chi connectivity index (χ1) is 15.4. The Balaban J connectivity index is 1.95. The third-order valence-electron chi connectivity index (χ3n) is 4.86. The van der Waals surface area contributed by atoms with Gasteiger partial charge in [-0.25, -0.2) is 8.78 Å². The fraction of sp³-hybridized carbons (Fsp3) is 0.0400. The standard InChI is InChI=1S/C25H16F2N2O3/c1-3-24(30)28-16-9-11-22(32-23-10-8-15(26)12-21(23)27)19(13-16)20-14-29(2)25(31)18-7-5-4-6-17(18)20/h1,4-14H,2H3,(H,28,30). The Morgan fingerprint density at radius 2 is 1.72 bits per heavy atom. The maximum Gasteiger partial charge on any atom is 0.300 e. The molecule has 1 amide bonds. The molecule has 1 aromatic heterocycles. The number of hydrogen-bond acceptors (Lipinski definition) is 3. The number of anilines is 1. The number of carbonyl (C=O) groups is 1. The molecular weight excluding hydrogens is 414 g/mol. The van der Waals surface area contributed by atoms with Crippen LogP contribution >= 0.6 is 0 Å². The van der Waals surface area contributed by atoms with E-state index in [-0.39, 0.29) is 17.1 Å². The fourth-order valence-electron chi connectivity index (χ4n) is 3.38. The van der Waals surface area contributed by atoms with Gasteiger partial charge in [0.15, 0.2) is 11.6 Å². The van der Waals surface area contributed by atoms with Crippen LogP contribution in [0.4, 0.5) is 14.5 Å². The summed E-state index contributed by atoms with van der Waals surface area (Å²) in [7, 11) is 1.61. The minimum Gasteiger partial charge on any atom is -0.454 e. The van der Waals surface area contributed by atoms with Gasteiger partial charge in [-0.05, 0) is 47.7 Å². The Hall–Kier alpha value is -4.44. The molecule has 0 radical (unpaired) electrons. The first-order valence-electron chi connectivity index (χ1n) is 9.50. The molecule has 0 saturated heterocycles. The predicted molar refractivity (Wildman–Crippen MR) is 119 cm³/mol. The number of pyridine rings is 1. The van der Waals surface area contributed by atoms with Crippen molar-refractivity contribution >= 4 is 22.4 Å². The molecule has 0 saturated carbocycles. The number of amides is 1. The normalized spacial score (nSPS) is 10.6.